The van der Waals surface area contributed by atoms with Crippen molar-refractivity contribution in [3.63, 3.8) is 0 Å². The van der Waals surface area contributed by atoms with Crippen LogP contribution in [0.4, 0.5) is 0 Å². The Morgan fingerprint density at radius 1 is 1.14 bits per heavy atom. The van der Waals surface area contributed by atoms with Gasteiger partial charge in [-0.25, -0.2) is 0 Å². The number of nitrogens with zero attached hydrogens (tertiary/aromatic N) is 1. The normalized spacial score (nSPS) is 18.2. The highest BCUT2D eigenvalue weighted by Crippen LogP contribution is 2.06. The largest absolute Gasteiger partial charge is 0.315 e. The number of rotatable bonds is 7. The summed E-state index contributed by atoms with van der Waals surface area (Å²) in [5, 5.41) is 3.57. The molecule has 0 aliphatic carbocycles. The number of likely N-dealkylation sites (tertiary alicyclic amines) is 1. The van der Waals surface area contributed by atoms with E-state index in [9.17, 15) is 0 Å². The zero-order valence-electron chi connectivity index (χ0n) is 9.89. The first kappa shape index (κ1) is 12.0. The van der Waals surface area contributed by atoms with Gasteiger partial charge >= 0.3 is 0 Å². The van der Waals surface area contributed by atoms with Crippen molar-refractivity contribution in [3.8, 4) is 0 Å². The van der Waals surface area contributed by atoms with Crippen molar-refractivity contribution < 1.29 is 0 Å². The zero-order valence-corrected chi connectivity index (χ0v) is 9.89. The molecule has 0 aromatic carbocycles. The highest BCUT2D eigenvalue weighted by atomic mass is 15.1. The Labute approximate surface area is 89.1 Å². The van der Waals surface area contributed by atoms with Gasteiger partial charge in [-0.2, -0.15) is 0 Å². The molecule has 0 bridgehead atoms. The molecule has 1 aliphatic rings. The van der Waals surface area contributed by atoms with Crippen molar-refractivity contribution >= 4 is 0 Å². The lowest BCUT2D eigenvalue weighted by atomic mass is 10.0. The van der Waals surface area contributed by atoms with Gasteiger partial charge in [0.15, 0.2) is 0 Å². The van der Waals surface area contributed by atoms with Crippen LogP contribution in [0.1, 0.15) is 39.5 Å². The van der Waals surface area contributed by atoms with Gasteiger partial charge in [-0.3, -0.25) is 0 Å². The fourth-order valence-electron chi connectivity index (χ4n) is 2.13. The van der Waals surface area contributed by atoms with Gasteiger partial charge in [0.2, 0.25) is 0 Å². The minimum atomic E-state index is 0.883. The molecule has 0 atom stereocenters. The smallest absolute Gasteiger partial charge is 0.0107 e. The molecular formula is C12H26N2. The van der Waals surface area contributed by atoms with E-state index in [4.69, 9.17) is 0 Å². The summed E-state index contributed by atoms with van der Waals surface area (Å²) < 4.78 is 0. The second kappa shape index (κ2) is 7.24. The average Bonchev–Trinajstić information content (AvgIpc) is 2.71. The van der Waals surface area contributed by atoms with Crippen molar-refractivity contribution in [2.45, 2.75) is 39.5 Å². The van der Waals surface area contributed by atoms with E-state index in [1.165, 1.54) is 58.4 Å². The van der Waals surface area contributed by atoms with Gasteiger partial charge in [0.05, 0.1) is 0 Å². The third-order valence-corrected chi connectivity index (χ3v) is 3.39. The maximum atomic E-state index is 3.57. The van der Waals surface area contributed by atoms with Gasteiger partial charge in [-0.1, -0.05) is 26.7 Å². The first-order valence-corrected chi connectivity index (χ1v) is 6.29. The lowest BCUT2D eigenvalue weighted by Gasteiger charge is -2.17. The first-order valence-electron chi connectivity index (χ1n) is 6.29. The van der Waals surface area contributed by atoms with Gasteiger partial charge < -0.3 is 10.2 Å². The van der Waals surface area contributed by atoms with Gasteiger partial charge in [-0.05, 0) is 38.4 Å². The van der Waals surface area contributed by atoms with Crippen molar-refractivity contribution in [1.82, 2.24) is 10.2 Å². The summed E-state index contributed by atoms with van der Waals surface area (Å²) in [5.74, 6) is 0.883. The lowest BCUT2D eigenvalue weighted by molar-refractivity contribution is 0.328. The quantitative estimate of drug-likeness (QED) is 0.630. The molecule has 0 saturated carbocycles. The highest BCUT2D eigenvalue weighted by Gasteiger charge is 2.10. The van der Waals surface area contributed by atoms with Gasteiger partial charge in [0.25, 0.3) is 0 Å². The average molecular weight is 198 g/mol. The van der Waals surface area contributed by atoms with Crippen molar-refractivity contribution in [1.29, 1.82) is 0 Å². The van der Waals surface area contributed by atoms with Crippen LogP contribution in [-0.2, 0) is 0 Å². The van der Waals surface area contributed by atoms with Crippen molar-refractivity contribution in [2.24, 2.45) is 5.92 Å². The fraction of sp³-hybridized carbons (Fsp3) is 1.00. The van der Waals surface area contributed by atoms with Crippen molar-refractivity contribution in [3.05, 3.63) is 0 Å². The molecule has 0 radical (unpaired) electrons. The fourth-order valence-corrected chi connectivity index (χ4v) is 2.13. The summed E-state index contributed by atoms with van der Waals surface area (Å²) >= 11 is 0. The van der Waals surface area contributed by atoms with Gasteiger partial charge in [0, 0.05) is 13.1 Å². The Bertz CT molecular complexity index is 122. The van der Waals surface area contributed by atoms with E-state index in [0.717, 1.165) is 5.92 Å². The maximum Gasteiger partial charge on any atom is 0.0107 e. The summed E-state index contributed by atoms with van der Waals surface area (Å²) in [6.45, 7) is 10.9. The highest BCUT2D eigenvalue weighted by molar-refractivity contribution is 4.67. The molecule has 14 heavy (non-hydrogen) atoms. The Morgan fingerprint density at radius 3 is 2.36 bits per heavy atom. The SMILES string of the molecule is CCC(CC)CNCCN1CCCC1. The van der Waals surface area contributed by atoms with Gasteiger partial charge in [-0.15, -0.1) is 0 Å². The Morgan fingerprint density at radius 2 is 1.79 bits per heavy atom. The molecule has 1 rings (SSSR count). The van der Waals surface area contributed by atoms with E-state index < -0.39 is 0 Å². The third kappa shape index (κ3) is 4.43. The van der Waals surface area contributed by atoms with Crippen LogP contribution < -0.4 is 5.32 Å². The molecule has 0 unspecified atom stereocenters. The van der Waals surface area contributed by atoms with Crippen LogP contribution in [0.25, 0.3) is 0 Å². The summed E-state index contributed by atoms with van der Waals surface area (Å²) in [6.07, 6.45) is 5.44. The molecule has 1 aliphatic heterocycles. The second-order valence-electron chi connectivity index (χ2n) is 4.44. The standard InChI is InChI=1S/C12H26N2/c1-3-12(4-2)11-13-7-10-14-8-5-6-9-14/h12-13H,3-11H2,1-2H3. The third-order valence-electron chi connectivity index (χ3n) is 3.39. The summed E-state index contributed by atoms with van der Waals surface area (Å²) in [4.78, 5) is 2.57. The lowest BCUT2D eigenvalue weighted by Crippen LogP contribution is -2.32. The maximum absolute atomic E-state index is 3.57. The van der Waals surface area contributed by atoms with Gasteiger partial charge in [0.1, 0.15) is 0 Å². The van der Waals surface area contributed by atoms with E-state index in [2.05, 4.69) is 24.1 Å². The van der Waals surface area contributed by atoms with E-state index in [-0.39, 0.29) is 0 Å². The van der Waals surface area contributed by atoms with Crippen molar-refractivity contribution in [2.75, 3.05) is 32.7 Å². The molecule has 0 spiro atoms. The van der Waals surface area contributed by atoms with E-state index in [1.807, 2.05) is 0 Å². The molecule has 0 aromatic heterocycles. The van der Waals surface area contributed by atoms with Crippen LogP contribution in [0, 0.1) is 5.92 Å². The molecular weight excluding hydrogens is 172 g/mol. The van der Waals surface area contributed by atoms with Crippen LogP contribution in [0.15, 0.2) is 0 Å². The number of hydrogen-bond acceptors (Lipinski definition) is 2. The minimum Gasteiger partial charge on any atom is -0.315 e. The molecule has 0 aromatic rings. The molecule has 1 fully saturated rings. The molecule has 84 valence electrons. The Kier molecular flexibility index (Phi) is 6.20. The molecule has 1 saturated heterocycles. The molecule has 1 heterocycles. The predicted molar refractivity (Wildman–Crippen MR) is 62.6 cm³/mol. The second-order valence-corrected chi connectivity index (χ2v) is 4.44. The number of nitrogens with one attached hydrogen (secondary N) is 1. The zero-order chi connectivity index (χ0) is 10.2. The Hall–Kier alpha value is -0.0800. The molecule has 2 heteroatoms. The van der Waals surface area contributed by atoms with Crippen LogP contribution in [0.2, 0.25) is 0 Å². The van der Waals surface area contributed by atoms with E-state index >= 15 is 0 Å². The minimum absolute atomic E-state index is 0.883. The molecule has 1 N–H and O–H groups in total. The number of hydrogen-bond donors (Lipinski definition) is 1. The summed E-state index contributed by atoms with van der Waals surface area (Å²) in [5.41, 5.74) is 0. The van der Waals surface area contributed by atoms with Crippen LogP contribution in [0.5, 0.6) is 0 Å². The topological polar surface area (TPSA) is 15.3 Å². The monoisotopic (exact) mass is 198 g/mol. The molecule has 2 nitrogen and oxygen atoms in total. The summed E-state index contributed by atoms with van der Waals surface area (Å²) in [6, 6.07) is 0. The van der Waals surface area contributed by atoms with Crippen LogP contribution in [0.3, 0.4) is 0 Å². The first-order chi connectivity index (χ1) is 6.86. The van der Waals surface area contributed by atoms with E-state index in [1.54, 1.807) is 0 Å². The van der Waals surface area contributed by atoms with Crippen LogP contribution >= 0.6 is 0 Å². The summed E-state index contributed by atoms with van der Waals surface area (Å²) in [7, 11) is 0. The van der Waals surface area contributed by atoms with Crippen LogP contribution in [-0.4, -0.2) is 37.6 Å². The Balaban J connectivity index is 1.92. The predicted octanol–water partition coefficient (Wildman–Crippen LogP) is 2.11. The molecule has 0 amide bonds. The van der Waals surface area contributed by atoms with E-state index in [0.29, 0.717) is 0 Å².